The van der Waals surface area contributed by atoms with Crippen LogP contribution in [0.2, 0.25) is 4.34 Å². The van der Waals surface area contributed by atoms with Gasteiger partial charge in [0.15, 0.2) is 0 Å². The first-order chi connectivity index (χ1) is 6.75. The van der Waals surface area contributed by atoms with Crippen LogP contribution in [0.1, 0.15) is 4.88 Å². The molecule has 1 N–H and O–H groups in total. The number of hydrogen-bond donors (Lipinski definition) is 1. The highest BCUT2D eigenvalue weighted by atomic mass is 79.9. The molecule has 0 radical (unpaired) electrons. The molecule has 0 saturated heterocycles. The summed E-state index contributed by atoms with van der Waals surface area (Å²) in [5.41, 5.74) is 1.69. The van der Waals surface area contributed by atoms with Gasteiger partial charge in [-0.15, -0.1) is 21.5 Å². The maximum absolute atomic E-state index is 5.91. The van der Waals surface area contributed by atoms with E-state index in [1.54, 1.807) is 16.8 Å². The molecule has 0 atom stereocenters. The topological polar surface area (TPSA) is 37.8 Å². The van der Waals surface area contributed by atoms with Crippen molar-refractivity contribution in [1.82, 2.24) is 10.2 Å². The van der Waals surface area contributed by atoms with Crippen molar-refractivity contribution in [3.8, 4) is 0 Å². The van der Waals surface area contributed by atoms with Crippen molar-refractivity contribution < 1.29 is 0 Å². The Bertz CT molecular complexity index is 395. The predicted octanol–water partition coefficient (Wildman–Crippen LogP) is 3.63. The van der Waals surface area contributed by atoms with Gasteiger partial charge in [-0.2, -0.15) is 0 Å². The number of nitrogens with zero attached hydrogens (tertiary/aromatic N) is 2. The minimum absolute atomic E-state index is 0.727. The molecule has 2 heterocycles. The van der Waals surface area contributed by atoms with Crippen molar-refractivity contribution in [3.63, 3.8) is 0 Å². The molecule has 0 fully saturated rings. The van der Waals surface area contributed by atoms with Crippen LogP contribution in [0.4, 0.5) is 5.13 Å². The highest BCUT2D eigenvalue weighted by molar-refractivity contribution is 9.10. The number of anilines is 1. The second-order valence-corrected chi connectivity index (χ2v) is 5.86. The first-order valence-corrected chi connectivity index (χ1v) is 6.56. The zero-order valence-electron chi connectivity index (χ0n) is 6.83. The molecule has 0 aliphatic heterocycles. The van der Waals surface area contributed by atoms with Gasteiger partial charge in [-0.05, 0) is 22.0 Å². The van der Waals surface area contributed by atoms with Gasteiger partial charge in [-0.1, -0.05) is 22.9 Å². The van der Waals surface area contributed by atoms with Crippen molar-refractivity contribution in [1.29, 1.82) is 0 Å². The Labute approximate surface area is 102 Å². The normalized spacial score (nSPS) is 10.4. The summed E-state index contributed by atoms with van der Waals surface area (Å²) in [4.78, 5) is 1.16. The summed E-state index contributed by atoms with van der Waals surface area (Å²) in [6, 6.07) is 2.00. The Kier molecular flexibility index (Phi) is 3.38. The lowest BCUT2D eigenvalue weighted by Gasteiger charge is -1.96. The van der Waals surface area contributed by atoms with Crippen LogP contribution in [-0.2, 0) is 6.54 Å². The summed E-state index contributed by atoms with van der Waals surface area (Å²) >= 11 is 12.3. The van der Waals surface area contributed by atoms with Gasteiger partial charge in [0.25, 0.3) is 0 Å². The van der Waals surface area contributed by atoms with Gasteiger partial charge in [0.05, 0.1) is 6.54 Å². The van der Waals surface area contributed by atoms with Gasteiger partial charge in [0.2, 0.25) is 5.13 Å². The average Bonchev–Trinajstić information content (AvgIpc) is 2.74. The first-order valence-electron chi connectivity index (χ1n) is 3.69. The van der Waals surface area contributed by atoms with Crippen LogP contribution in [0, 0.1) is 0 Å². The van der Waals surface area contributed by atoms with Crippen molar-refractivity contribution in [2.24, 2.45) is 0 Å². The Hall–Kier alpha value is -0.170. The Balaban J connectivity index is 1.98. The lowest BCUT2D eigenvalue weighted by atomic mass is 10.5. The van der Waals surface area contributed by atoms with E-state index in [-0.39, 0.29) is 0 Å². The van der Waals surface area contributed by atoms with E-state index >= 15 is 0 Å². The second kappa shape index (κ2) is 4.57. The zero-order chi connectivity index (χ0) is 9.97. The van der Waals surface area contributed by atoms with E-state index < -0.39 is 0 Å². The molecule has 2 aromatic rings. The molecule has 0 aromatic carbocycles. The van der Waals surface area contributed by atoms with E-state index in [9.17, 15) is 0 Å². The van der Waals surface area contributed by atoms with E-state index in [1.165, 1.54) is 11.3 Å². The molecule has 3 nitrogen and oxygen atoms in total. The third-order valence-electron chi connectivity index (χ3n) is 1.47. The van der Waals surface area contributed by atoms with E-state index in [4.69, 9.17) is 11.6 Å². The minimum atomic E-state index is 0.727. The molecule has 7 heteroatoms. The van der Waals surface area contributed by atoms with Crippen LogP contribution in [0.15, 0.2) is 16.0 Å². The summed E-state index contributed by atoms with van der Waals surface area (Å²) in [5, 5.41) is 11.6. The van der Waals surface area contributed by atoms with Crippen LogP contribution in [0.3, 0.4) is 0 Å². The van der Waals surface area contributed by atoms with Crippen molar-refractivity contribution in [2.45, 2.75) is 6.54 Å². The standard InChI is InChI=1S/C7H5BrClN3S2/c8-5-1-4(14-6(5)9)2-10-7-12-11-3-13-7/h1,3H,2H2,(H,10,12). The monoisotopic (exact) mass is 309 g/mol. The van der Waals surface area contributed by atoms with Gasteiger partial charge in [-0.3, -0.25) is 0 Å². The fourth-order valence-electron chi connectivity index (χ4n) is 0.891. The second-order valence-electron chi connectivity index (χ2n) is 2.43. The maximum atomic E-state index is 5.91. The molecular formula is C7H5BrClN3S2. The molecule has 0 aliphatic rings. The van der Waals surface area contributed by atoms with Crippen LogP contribution in [-0.4, -0.2) is 10.2 Å². The summed E-state index contributed by atoms with van der Waals surface area (Å²) in [5.74, 6) is 0. The van der Waals surface area contributed by atoms with Gasteiger partial charge in [-0.25, -0.2) is 0 Å². The third kappa shape index (κ3) is 2.44. The number of thiophene rings is 1. The zero-order valence-corrected chi connectivity index (χ0v) is 10.8. The number of hydrogen-bond acceptors (Lipinski definition) is 5. The maximum Gasteiger partial charge on any atom is 0.205 e. The first kappa shape index (κ1) is 10.4. The largest absolute Gasteiger partial charge is 0.355 e. The Morgan fingerprint density at radius 2 is 2.43 bits per heavy atom. The van der Waals surface area contributed by atoms with Crippen molar-refractivity contribution >= 4 is 55.3 Å². The average molecular weight is 311 g/mol. The number of halogens is 2. The SMILES string of the molecule is Clc1sc(CNc2nncs2)cc1Br. The van der Waals surface area contributed by atoms with Gasteiger partial charge in [0, 0.05) is 9.35 Å². The summed E-state index contributed by atoms with van der Waals surface area (Å²) in [6.07, 6.45) is 0. The van der Waals surface area contributed by atoms with Gasteiger partial charge < -0.3 is 5.32 Å². The highest BCUT2D eigenvalue weighted by Gasteiger charge is 2.04. The van der Waals surface area contributed by atoms with E-state index in [0.717, 1.165) is 25.4 Å². The molecule has 0 amide bonds. The molecule has 0 aliphatic carbocycles. The minimum Gasteiger partial charge on any atom is -0.355 e. The number of rotatable bonds is 3. The molecule has 2 rings (SSSR count). The smallest absolute Gasteiger partial charge is 0.205 e. The van der Waals surface area contributed by atoms with Crippen LogP contribution in [0.25, 0.3) is 0 Å². The molecule has 0 spiro atoms. The van der Waals surface area contributed by atoms with E-state index in [0.29, 0.717) is 0 Å². The number of nitrogens with one attached hydrogen (secondary N) is 1. The molecule has 0 unspecified atom stereocenters. The quantitative estimate of drug-likeness (QED) is 0.941. The molecule has 0 bridgehead atoms. The fourth-order valence-corrected chi connectivity index (χ4v) is 3.07. The van der Waals surface area contributed by atoms with Crippen LogP contribution < -0.4 is 5.32 Å². The van der Waals surface area contributed by atoms with Crippen LogP contribution in [0.5, 0.6) is 0 Å². The lowest BCUT2D eigenvalue weighted by Crippen LogP contribution is -1.96. The lowest BCUT2D eigenvalue weighted by molar-refractivity contribution is 1.06. The Morgan fingerprint density at radius 1 is 1.57 bits per heavy atom. The molecule has 14 heavy (non-hydrogen) atoms. The molecule has 0 saturated carbocycles. The highest BCUT2D eigenvalue weighted by Crippen LogP contribution is 2.32. The summed E-state index contributed by atoms with van der Waals surface area (Å²) < 4.78 is 1.72. The third-order valence-corrected chi connectivity index (χ3v) is 4.59. The molecule has 74 valence electrons. The fraction of sp³-hybridized carbons (Fsp3) is 0.143. The van der Waals surface area contributed by atoms with Crippen molar-refractivity contribution in [3.05, 3.63) is 25.3 Å². The van der Waals surface area contributed by atoms with Gasteiger partial charge >= 0.3 is 0 Å². The van der Waals surface area contributed by atoms with E-state index in [1.807, 2.05) is 6.07 Å². The number of aromatic nitrogens is 2. The summed E-state index contributed by atoms with van der Waals surface area (Å²) in [7, 11) is 0. The Morgan fingerprint density at radius 3 is 3.00 bits per heavy atom. The summed E-state index contributed by atoms with van der Waals surface area (Å²) in [6.45, 7) is 0.727. The van der Waals surface area contributed by atoms with Crippen molar-refractivity contribution in [2.75, 3.05) is 5.32 Å². The predicted molar refractivity (Wildman–Crippen MR) is 64.3 cm³/mol. The van der Waals surface area contributed by atoms with Gasteiger partial charge in [0.1, 0.15) is 9.85 Å². The molecule has 2 aromatic heterocycles. The van der Waals surface area contributed by atoms with Crippen LogP contribution >= 0.6 is 50.2 Å². The van der Waals surface area contributed by atoms with E-state index in [2.05, 4.69) is 31.4 Å². The molecular weight excluding hydrogens is 306 g/mol.